The lowest BCUT2D eigenvalue weighted by atomic mass is 10.1. The van der Waals surface area contributed by atoms with Crippen molar-refractivity contribution < 1.29 is 40.5 Å². The van der Waals surface area contributed by atoms with Crippen molar-refractivity contribution >= 4 is 109 Å². The van der Waals surface area contributed by atoms with Gasteiger partial charge in [0.25, 0.3) is 22.9 Å². The number of amides is 2. The van der Waals surface area contributed by atoms with Crippen LogP contribution in [0.2, 0.25) is 0 Å². The fraction of sp³-hybridized carbons (Fsp3) is 0.207. The number of nitrogens with one attached hydrogen (secondary N) is 6. The van der Waals surface area contributed by atoms with Crippen molar-refractivity contribution in [2.24, 2.45) is 24.1 Å². The molecule has 2 amide bonds. The monoisotopic (exact) mass is 1990 g/mol. The van der Waals surface area contributed by atoms with Crippen LogP contribution in [0, 0.1) is 23.8 Å². The second-order valence-corrected chi connectivity index (χ2v) is 36.2. The van der Waals surface area contributed by atoms with E-state index in [1.54, 1.807) is 91.2 Å². The molecule has 148 heavy (non-hydrogen) atoms. The predicted molar refractivity (Wildman–Crippen MR) is 561 cm³/mol. The lowest BCUT2D eigenvalue weighted by Gasteiger charge is -2.34. The Hall–Kier alpha value is -18.2. The number of hydrogen-bond donors (Lipinski definition) is 7. The quantitative estimate of drug-likeness (QED) is 0.0245. The third kappa shape index (κ3) is 19.1. The summed E-state index contributed by atoms with van der Waals surface area (Å²) in [5.41, 5.74) is 11.6. The number of aliphatic imine (C=N–C) groups is 2. The highest BCUT2D eigenvalue weighted by Crippen LogP contribution is 2.46. The van der Waals surface area contributed by atoms with Gasteiger partial charge in [-0.1, -0.05) is 194 Å². The highest BCUT2D eigenvalue weighted by Gasteiger charge is 2.52. The van der Waals surface area contributed by atoms with Gasteiger partial charge in [-0.25, -0.2) is 53.4 Å². The van der Waals surface area contributed by atoms with Crippen LogP contribution >= 0.6 is 0 Å². The number of rotatable bonds is 22. The van der Waals surface area contributed by atoms with Gasteiger partial charge in [0.05, 0.1) is 93.3 Å². The van der Waals surface area contributed by atoms with Gasteiger partial charge in [0.15, 0.2) is 22.9 Å². The molecule has 0 radical (unpaired) electrons. The number of halogens is 4. The number of aromatic amines is 1. The number of pyridine rings is 4. The Morgan fingerprint density at radius 1 is 0.365 bits per heavy atom. The van der Waals surface area contributed by atoms with Gasteiger partial charge >= 0.3 is 5.69 Å². The topological polar surface area (TPSA) is 365 Å². The second kappa shape index (κ2) is 40.6. The summed E-state index contributed by atoms with van der Waals surface area (Å²) in [6.45, 7) is 1.29. The summed E-state index contributed by atoms with van der Waals surface area (Å²) in [4.78, 5) is 105. The largest absolute Gasteiger partial charge is 0.391 e. The predicted octanol–water partition coefficient (Wildman–Crippen LogP) is 18.0. The Balaban J connectivity index is 0.000000116. The van der Waals surface area contributed by atoms with Gasteiger partial charge in [0, 0.05) is 73.2 Å². The van der Waals surface area contributed by atoms with Crippen molar-refractivity contribution in [2.45, 2.75) is 120 Å². The van der Waals surface area contributed by atoms with Gasteiger partial charge in [0.2, 0.25) is 41.7 Å². The van der Waals surface area contributed by atoms with Crippen LogP contribution in [0.1, 0.15) is 109 Å². The molecule has 14 heterocycles. The van der Waals surface area contributed by atoms with E-state index in [0.29, 0.717) is 157 Å². The molecule has 6 atom stereocenters. The van der Waals surface area contributed by atoms with Crippen LogP contribution in [0.4, 0.5) is 81.2 Å². The van der Waals surface area contributed by atoms with E-state index in [1.165, 1.54) is 52.7 Å². The Kier molecular flexibility index (Phi) is 24.0. The average Bonchev–Trinajstić information content (AvgIpc) is 1.52. The summed E-state index contributed by atoms with van der Waals surface area (Å²) >= 11 is 0. The number of carbonyl (C=O) groups is 2. The minimum absolute atomic E-state index is 0.0490. The molecule has 4 unspecified atom stereocenters. The first kappa shape index (κ1) is 87.6. The van der Waals surface area contributed by atoms with Crippen molar-refractivity contribution in [3.8, 4) is 45.0 Å². The molecule has 0 saturated heterocycles. The SMILES string of the molecule is Cn1c(=O)[nH]c2nn(Cc3ccc(-c4cccc(F)n4)cc3)c(Nc3ccccc3)c2c1=O.[2H]C1(O)CCCC1([2H])Nc1nc2nn(Cc3ccc(-c4cccc(F)n4)cc3)c(Nc3ccccc3)c2c(=O)n1C.[2H]C12CCCC1([2H])N1C(=N2)N(C)C(=O)c2c1nn(Cc1ccc(-c3cccc(F)n3)cc1)c2Nc1ccccc1.[2H][C@@]12CCC[C@]1([2H])N1C(=N2)N(C)C(=O)c2c1nn(Cc1ccc(-c3cccc(F)n3)cc1)c2Nc1ccccc1. The average molecular weight is 1990 g/mol. The Bertz CT molecular complexity index is 8470. The van der Waals surface area contributed by atoms with E-state index in [1.807, 2.05) is 218 Å². The maximum absolute atomic E-state index is 13.8. The fourth-order valence-electron chi connectivity index (χ4n) is 18.9. The Morgan fingerprint density at radius 2 is 0.703 bits per heavy atom. The molecular weight excluding hydrogens is 1880 g/mol. The van der Waals surface area contributed by atoms with Crippen LogP contribution in [-0.2, 0) is 40.3 Å². The van der Waals surface area contributed by atoms with E-state index in [9.17, 15) is 49.4 Å². The molecule has 33 nitrogen and oxygen atoms in total. The zero-order valence-electron chi connectivity index (χ0n) is 86.3. The standard InChI is InChI=1S/C29H28FN7O2.2C29H26FN7O.C24H19FN6O2/c1-36-28(39)25-26(34-29(36)33-22-10-5-11-23(22)38)35-37(27(25)31-20-7-3-2-4-8-20)17-18-13-15-19(16-14-18)21-9-6-12-24(30)32-21;2*1-35-28(38)25-26(31-20-7-3-2-4-8-20)36(34-27(25)37-23-11-5-10-22(23)33-29(35)37)17-18-13-15-19(16-14-18)21-9-6-12-24(30)32-21;1-30-23(32)20-21(28-24(30)33)29-31(22(20)26-17-6-3-2-4-7-17)14-15-10-12-16(13-11-15)18-8-5-9-19(25)27-18/h2-4,6-9,12-16,22-23,31,38H,5,10-11,17H2,1H3,(H,33,34,35);2*2-4,6-9,12-16,22-23,31H,5,10-11,17H2,1H3;2-13,26H,14H2,1H3,(H,28,29,33)/t;22-,23+;;/m.1../s1/i3*22D,23D;. The molecule has 7 aliphatic rings. The van der Waals surface area contributed by atoms with E-state index in [2.05, 4.69) is 76.7 Å². The van der Waals surface area contributed by atoms with Gasteiger partial charge in [-0.05, 0) is 177 Å². The smallest absolute Gasteiger partial charge is 0.329 e. The van der Waals surface area contributed by atoms with Gasteiger partial charge in [-0.15, -0.1) is 5.10 Å². The molecule has 0 bridgehead atoms. The molecular formula is C111H99F4N27O6. The molecule has 3 aliphatic carbocycles. The summed E-state index contributed by atoms with van der Waals surface area (Å²) in [6, 6.07) is 79.5. The summed E-state index contributed by atoms with van der Waals surface area (Å²) in [7, 11) is 6.21. The van der Waals surface area contributed by atoms with Gasteiger partial charge in [0.1, 0.15) is 45.2 Å². The summed E-state index contributed by atoms with van der Waals surface area (Å²) < 4.78 is 117. The normalized spacial score (nSPS) is 20.7. The summed E-state index contributed by atoms with van der Waals surface area (Å²) in [5.74, 6) is 0.485. The third-order valence-electron chi connectivity index (χ3n) is 26.4. The number of nitrogens with zero attached hydrogens (tertiary/aromatic N) is 21. The molecule has 742 valence electrons. The molecule has 37 heteroatoms. The number of benzene rings is 8. The highest BCUT2D eigenvalue weighted by atomic mass is 19.1. The van der Waals surface area contributed by atoms with Gasteiger partial charge < -0.3 is 31.7 Å². The van der Waals surface area contributed by atoms with E-state index in [4.69, 9.17) is 15.7 Å². The molecule has 4 aliphatic heterocycles. The van der Waals surface area contributed by atoms with Crippen LogP contribution in [-0.4, -0.2) is 167 Å². The van der Waals surface area contributed by atoms with Crippen LogP contribution in [0.15, 0.2) is 316 Å². The maximum atomic E-state index is 13.8. The van der Waals surface area contributed by atoms with Crippen LogP contribution in [0.25, 0.3) is 67.1 Å². The zero-order valence-corrected chi connectivity index (χ0v) is 80.3. The number of guanidine groups is 2. The van der Waals surface area contributed by atoms with Gasteiger partial charge in [-0.3, -0.25) is 52.9 Å². The summed E-state index contributed by atoms with van der Waals surface area (Å²) in [6.07, 6.45) is 2.08. The maximum Gasteiger partial charge on any atom is 0.329 e. The molecule has 25 rings (SSSR count). The van der Waals surface area contributed by atoms with E-state index in [-0.39, 0.29) is 47.3 Å². The van der Waals surface area contributed by atoms with Crippen molar-refractivity contribution in [3.63, 3.8) is 0 Å². The molecule has 3 fully saturated rings. The van der Waals surface area contributed by atoms with Crippen LogP contribution < -0.4 is 53.2 Å². The Labute approximate surface area is 852 Å². The van der Waals surface area contributed by atoms with E-state index >= 15 is 0 Å². The summed E-state index contributed by atoms with van der Waals surface area (Å²) in [5, 5.41) is 46.1. The first-order valence-electron chi connectivity index (χ1n) is 51.1. The number of anilines is 11. The molecule has 10 aromatic heterocycles. The fourth-order valence-corrected chi connectivity index (χ4v) is 18.9. The number of carbonyl (C=O) groups excluding carboxylic acids is 2. The van der Waals surface area contributed by atoms with Crippen molar-refractivity contribution in [1.82, 2.24) is 88.0 Å². The van der Waals surface area contributed by atoms with Crippen LogP contribution in [0.3, 0.4) is 0 Å². The number of aliphatic hydroxyl groups is 1. The molecule has 0 spiro atoms. The van der Waals surface area contributed by atoms with E-state index < -0.39 is 76.8 Å². The Morgan fingerprint density at radius 3 is 1.06 bits per heavy atom. The van der Waals surface area contributed by atoms with Crippen molar-refractivity contribution in [3.05, 3.63) is 380 Å². The number of aromatic nitrogens is 16. The molecule has 7 N–H and O–H groups in total. The second-order valence-electron chi connectivity index (χ2n) is 36.2. The minimum atomic E-state index is -2.02. The number of H-pyrrole nitrogens is 1. The highest BCUT2D eigenvalue weighted by molar-refractivity contribution is 6.22. The van der Waals surface area contributed by atoms with Gasteiger partial charge in [-0.2, -0.15) is 37.8 Å². The lowest BCUT2D eigenvalue weighted by molar-refractivity contribution is 0.0857. The molecule has 8 aromatic carbocycles. The molecule has 3 saturated carbocycles. The number of hydrogen-bond acceptors (Lipinski definition) is 24. The first-order chi connectivity index (χ1) is 74.2. The number of para-hydroxylation sites is 4. The van der Waals surface area contributed by atoms with Crippen LogP contribution in [0.5, 0.6) is 0 Å². The zero-order chi connectivity index (χ0) is 107. The first-order valence-corrected chi connectivity index (χ1v) is 48.1. The lowest BCUT2D eigenvalue weighted by Crippen LogP contribution is -2.51. The third-order valence-corrected chi connectivity index (χ3v) is 26.4. The minimum Gasteiger partial charge on any atom is -0.391 e. The molecule has 18 aromatic rings. The number of fused-ring (bicyclic) bond motifs is 12. The van der Waals surface area contributed by atoms with Crippen molar-refractivity contribution in [2.75, 3.05) is 50.5 Å². The van der Waals surface area contributed by atoms with Crippen molar-refractivity contribution in [1.29, 1.82) is 0 Å². The van der Waals surface area contributed by atoms with E-state index in [0.717, 1.165) is 71.8 Å².